The summed E-state index contributed by atoms with van der Waals surface area (Å²) < 4.78 is 27.3. The van der Waals surface area contributed by atoms with Crippen molar-refractivity contribution in [2.24, 2.45) is 0 Å². The Balaban J connectivity index is 2.14. The maximum absolute atomic E-state index is 13.1. The summed E-state index contributed by atoms with van der Waals surface area (Å²) in [7, 11) is 0. The molecule has 2 aromatic carbocycles. The van der Waals surface area contributed by atoms with Crippen molar-refractivity contribution in [2.45, 2.75) is 12.5 Å². The van der Waals surface area contributed by atoms with Crippen LogP contribution in [0.15, 0.2) is 42.5 Å². The number of carbonyl (C=O) groups is 2. The van der Waals surface area contributed by atoms with Crippen molar-refractivity contribution >= 4 is 34.5 Å². The van der Waals surface area contributed by atoms with Crippen molar-refractivity contribution in [1.82, 2.24) is 5.32 Å². The highest BCUT2D eigenvalue weighted by Gasteiger charge is 2.21. The zero-order valence-corrected chi connectivity index (χ0v) is 13.9. The Morgan fingerprint density at radius 2 is 1.65 bits per heavy atom. The van der Waals surface area contributed by atoms with Crippen LogP contribution in [0.3, 0.4) is 0 Å². The molecule has 0 radical (unpaired) electrons. The number of benzene rings is 2. The summed E-state index contributed by atoms with van der Waals surface area (Å²) in [6.45, 7) is 0. The normalized spacial score (nSPS) is 11.8. The van der Waals surface area contributed by atoms with E-state index in [9.17, 15) is 23.5 Å². The van der Waals surface area contributed by atoms with Gasteiger partial charge in [0, 0.05) is 21.6 Å². The van der Waals surface area contributed by atoms with E-state index < -0.39 is 29.6 Å². The summed E-state index contributed by atoms with van der Waals surface area (Å²) in [5, 5.41) is 11.5. The average molecular weight is 431 g/mol. The smallest absolute Gasteiger partial charge is 0.326 e. The van der Waals surface area contributed by atoms with Gasteiger partial charge in [-0.25, -0.2) is 13.6 Å². The van der Waals surface area contributed by atoms with Crippen molar-refractivity contribution < 1.29 is 23.5 Å². The third-order valence-electron chi connectivity index (χ3n) is 3.08. The Morgan fingerprint density at radius 3 is 2.17 bits per heavy atom. The lowest BCUT2D eigenvalue weighted by molar-refractivity contribution is -0.139. The van der Waals surface area contributed by atoms with Gasteiger partial charge in [-0.15, -0.1) is 0 Å². The molecule has 0 bridgehead atoms. The first-order valence-electron chi connectivity index (χ1n) is 6.59. The summed E-state index contributed by atoms with van der Waals surface area (Å²) >= 11 is 2.12. The Morgan fingerprint density at radius 1 is 1.09 bits per heavy atom. The molecule has 0 saturated carbocycles. The number of hydrogen-bond acceptors (Lipinski definition) is 2. The van der Waals surface area contributed by atoms with Gasteiger partial charge < -0.3 is 10.4 Å². The van der Waals surface area contributed by atoms with Crippen LogP contribution in [0, 0.1) is 15.2 Å². The highest BCUT2D eigenvalue weighted by molar-refractivity contribution is 14.1. The molecule has 120 valence electrons. The Kier molecular flexibility index (Phi) is 5.64. The summed E-state index contributed by atoms with van der Waals surface area (Å²) in [6.07, 6.45) is 0.0653. The molecular weight excluding hydrogens is 419 g/mol. The molecule has 23 heavy (non-hydrogen) atoms. The van der Waals surface area contributed by atoms with Crippen molar-refractivity contribution in [2.75, 3.05) is 0 Å². The molecule has 7 heteroatoms. The van der Waals surface area contributed by atoms with Crippen molar-refractivity contribution in [3.63, 3.8) is 0 Å². The van der Waals surface area contributed by atoms with Gasteiger partial charge in [0.2, 0.25) is 0 Å². The van der Waals surface area contributed by atoms with E-state index in [1.807, 2.05) is 12.1 Å². The molecule has 2 N–H and O–H groups in total. The minimum absolute atomic E-state index is 0.0653. The Hall–Kier alpha value is -2.03. The molecule has 0 unspecified atom stereocenters. The zero-order valence-electron chi connectivity index (χ0n) is 11.7. The van der Waals surface area contributed by atoms with E-state index in [4.69, 9.17) is 0 Å². The quantitative estimate of drug-likeness (QED) is 0.716. The van der Waals surface area contributed by atoms with Crippen LogP contribution in [0.4, 0.5) is 8.78 Å². The lowest BCUT2D eigenvalue weighted by Crippen LogP contribution is -2.42. The monoisotopic (exact) mass is 431 g/mol. The third-order valence-corrected chi connectivity index (χ3v) is 3.80. The van der Waals surface area contributed by atoms with Gasteiger partial charge in [0.05, 0.1) is 0 Å². The fraction of sp³-hybridized carbons (Fsp3) is 0.125. The van der Waals surface area contributed by atoms with Crippen LogP contribution in [-0.4, -0.2) is 23.0 Å². The molecule has 2 aromatic rings. The number of rotatable bonds is 5. The molecule has 1 atom stereocenters. The predicted molar refractivity (Wildman–Crippen MR) is 88.1 cm³/mol. The van der Waals surface area contributed by atoms with Gasteiger partial charge in [0.15, 0.2) is 0 Å². The van der Waals surface area contributed by atoms with E-state index in [1.165, 1.54) is 0 Å². The van der Waals surface area contributed by atoms with Crippen LogP contribution in [0.1, 0.15) is 15.9 Å². The standard InChI is InChI=1S/C16H12F2INO3/c17-11-6-10(7-12(18)8-11)15(21)20-14(16(22)23)5-9-1-3-13(19)4-2-9/h1-4,6-8,14H,5H2,(H,20,21)(H,22,23)/t14-/m1/s1. The first-order chi connectivity index (χ1) is 10.8. The lowest BCUT2D eigenvalue weighted by Gasteiger charge is -2.15. The predicted octanol–water partition coefficient (Wildman–Crippen LogP) is 3.00. The number of carboxylic acid groups (broad SMARTS) is 1. The summed E-state index contributed by atoms with van der Waals surface area (Å²) in [5.74, 6) is -3.88. The molecule has 0 fully saturated rings. The highest BCUT2D eigenvalue weighted by Crippen LogP contribution is 2.11. The third kappa shape index (κ3) is 4.98. The maximum Gasteiger partial charge on any atom is 0.326 e. The molecule has 0 aliphatic heterocycles. The van der Waals surface area contributed by atoms with Gasteiger partial charge in [-0.2, -0.15) is 0 Å². The van der Waals surface area contributed by atoms with Gasteiger partial charge in [-0.3, -0.25) is 4.79 Å². The van der Waals surface area contributed by atoms with Crippen LogP contribution in [-0.2, 0) is 11.2 Å². The van der Waals surface area contributed by atoms with Gasteiger partial charge in [-0.1, -0.05) is 12.1 Å². The highest BCUT2D eigenvalue weighted by atomic mass is 127. The molecule has 0 aliphatic carbocycles. The molecule has 2 rings (SSSR count). The van der Waals surface area contributed by atoms with Gasteiger partial charge in [0.1, 0.15) is 17.7 Å². The van der Waals surface area contributed by atoms with E-state index >= 15 is 0 Å². The summed E-state index contributed by atoms with van der Waals surface area (Å²) in [6, 6.07) is 8.28. The van der Waals surface area contributed by atoms with Crippen LogP contribution in [0.5, 0.6) is 0 Å². The van der Waals surface area contributed by atoms with E-state index in [2.05, 4.69) is 27.9 Å². The molecule has 0 aliphatic rings. The molecule has 0 spiro atoms. The molecule has 1 amide bonds. The Bertz CT molecular complexity index is 714. The second kappa shape index (κ2) is 7.49. The number of carboxylic acids is 1. The SMILES string of the molecule is O=C(N[C@H](Cc1ccc(I)cc1)C(=O)O)c1cc(F)cc(F)c1. The minimum Gasteiger partial charge on any atom is -0.480 e. The number of hydrogen-bond donors (Lipinski definition) is 2. The largest absolute Gasteiger partial charge is 0.480 e. The minimum atomic E-state index is -1.23. The van der Waals surface area contributed by atoms with E-state index in [-0.39, 0.29) is 12.0 Å². The van der Waals surface area contributed by atoms with E-state index in [0.717, 1.165) is 21.3 Å². The second-order valence-electron chi connectivity index (χ2n) is 4.85. The molecule has 4 nitrogen and oxygen atoms in total. The zero-order chi connectivity index (χ0) is 17.0. The number of nitrogens with one attached hydrogen (secondary N) is 1. The van der Waals surface area contributed by atoms with Crippen LogP contribution in [0.25, 0.3) is 0 Å². The van der Waals surface area contributed by atoms with Crippen molar-refractivity contribution in [3.8, 4) is 0 Å². The number of aliphatic carboxylic acids is 1. The van der Waals surface area contributed by atoms with Gasteiger partial charge in [-0.05, 0) is 52.4 Å². The topological polar surface area (TPSA) is 66.4 Å². The lowest BCUT2D eigenvalue weighted by atomic mass is 10.1. The number of amides is 1. The molecule has 0 aromatic heterocycles. The number of carbonyl (C=O) groups excluding carboxylic acids is 1. The van der Waals surface area contributed by atoms with Crippen LogP contribution < -0.4 is 5.32 Å². The fourth-order valence-electron chi connectivity index (χ4n) is 1.98. The van der Waals surface area contributed by atoms with Crippen LogP contribution >= 0.6 is 22.6 Å². The first kappa shape index (κ1) is 17.3. The van der Waals surface area contributed by atoms with Crippen molar-refractivity contribution in [3.05, 3.63) is 68.8 Å². The maximum atomic E-state index is 13.1. The molecular formula is C16H12F2INO3. The molecule has 0 saturated heterocycles. The van der Waals surface area contributed by atoms with Gasteiger partial charge in [0.25, 0.3) is 5.91 Å². The summed E-state index contributed by atoms with van der Waals surface area (Å²) in [4.78, 5) is 23.3. The number of halogens is 3. The van der Waals surface area contributed by atoms with E-state index in [0.29, 0.717) is 6.07 Å². The van der Waals surface area contributed by atoms with E-state index in [1.54, 1.807) is 12.1 Å². The Labute approximate surface area is 144 Å². The average Bonchev–Trinajstić information content (AvgIpc) is 2.47. The molecule has 0 heterocycles. The van der Waals surface area contributed by atoms with Crippen LogP contribution in [0.2, 0.25) is 0 Å². The fourth-order valence-corrected chi connectivity index (χ4v) is 2.34. The van der Waals surface area contributed by atoms with Gasteiger partial charge >= 0.3 is 5.97 Å². The van der Waals surface area contributed by atoms with Crippen molar-refractivity contribution in [1.29, 1.82) is 0 Å². The second-order valence-corrected chi connectivity index (χ2v) is 6.10. The first-order valence-corrected chi connectivity index (χ1v) is 7.67. The summed E-state index contributed by atoms with van der Waals surface area (Å²) in [5.41, 5.74) is 0.458.